The van der Waals surface area contributed by atoms with Crippen LogP contribution in [0.15, 0.2) is 18.2 Å². The summed E-state index contributed by atoms with van der Waals surface area (Å²) in [5, 5.41) is 3.44. The molecule has 2 rings (SSSR count). The molecular weight excluding hydrogens is 250 g/mol. The Bertz CT molecular complexity index is 435. The van der Waals surface area contributed by atoms with E-state index in [1.807, 2.05) is 14.2 Å². The van der Waals surface area contributed by atoms with Gasteiger partial charge in [-0.05, 0) is 57.7 Å². The summed E-state index contributed by atoms with van der Waals surface area (Å²) in [5.74, 6) is 0.982. The van der Waals surface area contributed by atoms with E-state index in [4.69, 9.17) is 9.47 Å². The summed E-state index contributed by atoms with van der Waals surface area (Å²) in [4.78, 5) is 0. The van der Waals surface area contributed by atoms with Crippen LogP contribution in [0.5, 0.6) is 5.75 Å². The molecule has 1 aromatic carbocycles. The summed E-state index contributed by atoms with van der Waals surface area (Å²) in [6.07, 6.45) is 5.71. The van der Waals surface area contributed by atoms with Crippen LogP contribution in [0.1, 0.15) is 36.8 Å². The minimum Gasteiger partial charge on any atom is -0.496 e. The lowest BCUT2D eigenvalue weighted by atomic mass is 9.75. The molecule has 1 aromatic rings. The zero-order valence-corrected chi connectivity index (χ0v) is 13.2. The highest BCUT2D eigenvalue weighted by Gasteiger charge is 2.38. The Balaban J connectivity index is 2.08. The smallest absolute Gasteiger partial charge is 0.122 e. The standard InChI is InChI=1S/C17H27NO2/c1-13-6-7-16(19-3)14(10-13)11-15(18-2)12-17(20-4)8-5-9-17/h6-7,10,15,18H,5,8-9,11-12H2,1-4H3. The van der Waals surface area contributed by atoms with Gasteiger partial charge >= 0.3 is 0 Å². The zero-order chi connectivity index (χ0) is 14.6. The number of ether oxygens (including phenoxy) is 2. The monoisotopic (exact) mass is 277 g/mol. The van der Waals surface area contributed by atoms with Gasteiger partial charge in [-0.15, -0.1) is 0 Å². The molecule has 0 heterocycles. The predicted molar refractivity (Wildman–Crippen MR) is 82.5 cm³/mol. The van der Waals surface area contributed by atoms with Gasteiger partial charge in [0.05, 0.1) is 12.7 Å². The molecule has 1 aliphatic rings. The molecule has 3 nitrogen and oxygen atoms in total. The molecule has 0 amide bonds. The molecular formula is C17H27NO2. The third kappa shape index (κ3) is 3.33. The lowest BCUT2D eigenvalue weighted by Gasteiger charge is -2.43. The lowest BCUT2D eigenvalue weighted by Crippen LogP contribution is -2.45. The Kier molecular flexibility index (Phi) is 5.06. The van der Waals surface area contributed by atoms with Crippen LogP contribution in [0.2, 0.25) is 0 Å². The van der Waals surface area contributed by atoms with E-state index in [9.17, 15) is 0 Å². The highest BCUT2D eigenvalue weighted by Crippen LogP contribution is 2.39. The summed E-state index contributed by atoms with van der Waals surface area (Å²) in [5.41, 5.74) is 2.66. The second-order valence-electron chi connectivity index (χ2n) is 5.95. The van der Waals surface area contributed by atoms with Crippen LogP contribution in [0.25, 0.3) is 0 Å². The van der Waals surface area contributed by atoms with Gasteiger partial charge in [0.1, 0.15) is 5.75 Å². The van der Waals surface area contributed by atoms with Gasteiger partial charge in [-0.25, -0.2) is 0 Å². The fourth-order valence-corrected chi connectivity index (χ4v) is 3.12. The van der Waals surface area contributed by atoms with E-state index in [1.54, 1.807) is 7.11 Å². The fourth-order valence-electron chi connectivity index (χ4n) is 3.12. The van der Waals surface area contributed by atoms with Crippen LogP contribution in [0.3, 0.4) is 0 Å². The van der Waals surface area contributed by atoms with Crippen molar-refractivity contribution in [3.63, 3.8) is 0 Å². The highest BCUT2D eigenvalue weighted by atomic mass is 16.5. The number of methoxy groups -OCH3 is 2. The van der Waals surface area contributed by atoms with Crippen molar-refractivity contribution in [2.75, 3.05) is 21.3 Å². The van der Waals surface area contributed by atoms with Gasteiger partial charge in [0, 0.05) is 13.2 Å². The van der Waals surface area contributed by atoms with Crippen LogP contribution in [0, 0.1) is 6.92 Å². The van der Waals surface area contributed by atoms with Gasteiger partial charge in [-0.2, -0.15) is 0 Å². The van der Waals surface area contributed by atoms with Crippen LogP contribution >= 0.6 is 0 Å². The third-order valence-corrected chi connectivity index (χ3v) is 4.63. The Labute approximate surface area is 122 Å². The summed E-state index contributed by atoms with van der Waals surface area (Å²) >= 11 is 0. The van der Waals surface area contributed by atoms with Crippen LogP contribution < -0.4 is 10.1 Å². The minimum atomic E-state index is 0.102. The minimum absolute atomic E-state index is 0.102. The molecule has 0 aliphatic heterocycles. The second kappa shape index (κ2) is 6.59. The molecule has 0 radical (unpaired) electrons. The summed E-state index contributed by atoms with van der Waals surface area (Å²) in [7, 11) is 5.62. The Hall–Kier alpha value is -1.06. The maximum Gasteiger partial charge on any atom is 0.122 e. The number of hydrogen-bond acceptors (Lipinski definition) is 3. The molecule has 1 atom stereocenters. The van der Waals surface area contributed by atoms with Gasteiger partial charge in [-0.3, -0.25) is 0 Å². The molecule has 1 N–H and O–H groups in total. The number of hydrogen-bond donors (Lipinski definition) is 1. The van der Waals surface area contributed by atoms with Crippen molar-refractivity contribution in [1.82, 2.24) is 5.32 Å². The van der Waals surface area contributed by atoms with Gasteiger partial charge in [0.15, 0.2) is 0 Å². The van der Waals surface area contributed by atoms with Crippen LogP contribution in [0.4, 0.5) is 0 Å². The summed E-state index contributed by atoms with van der Waals surface area (Å²) < 4.78 is 11.2. The van der Waals surface area contributed by atoms with Gasteiger partial charge < -0.3 is 14.8 Å². The first-order chi connectivity index (χ1) is 9.62. The third-order valence-electron chi connectivity index (χ3n) is 4.63. The highest BCUT2D eigenvalue weighted by molar-refractivity contribution is 5.37. The number of likely N-dealkylation sites (N-methyl/N-ethyl adjacent to an activating group) is 1. The van der Waals surface area contributed by atoms with Crippen molar-refractivity contribution in [3.05, 3.63) is 29.3 Å². The molecule has 3 heteroatoms. The van der Waals surface area contributed by atoms with Crippen molar-refractivity contribution in [2.24, 2.45) is 0 Å². The fraction of sp³-hybridized carbons (Fsp3) is 0.647. The molecule has 0 aromatic heterocycles. The van der Waals surface area contributed by atoms with E-state index in [2.05, 4.69) is 30.4 Å². The maximum atomic E-state index is 5.75. The van der Waals surface area contributed by atoms with Crippen LogP contribution in [-0.2, 0) is 11.2 Å². The molecule has 0 saturated heterocycles. The largest absolute Gasteiger partial charge is 0.496 e. The average molecular weight is 277 g/mol. The molecule has 1 aliphatic carbocycles. The molecule has 0 spiro atoms. The maximum absolute atomic E-state index is 5.75. The molecule has 1 fully saturated rings. The molecule has 1 saturated carbocycles. The zero-order valence-electron chi connectivity index (χ0n) is 13.2. The number of rotatable bonds is 7. The van der Waals surface area contributed by atoms with Gasteiger partial charge in [-0.1, -0.05) is 17.7 Å². The van der Waals surface area contributed by atoms with Crippen molar-refractivity contribution >= 4 is 0 Å². The van der Waals surface area contributed by atoms with E-state index in [-0.39, 0.29) is 5.60 Å². The first-order valence-corrected chi connectivity index (χ1v) is 7.48. The van der Waals surface area contributed by atoms with E-state index >= 15 is 0 Å². The van der Waals surface area contributed by atoms with E-state index in [0.717, 1.165) is 18.6 Å². The Morgan fingerprint density at radius 1 is 1.30 bits per heavy atom. The second-order valence-corrected chi connectivity index (χ2v) is 5.95. The van der Waals surface area contributed by atoms with Crippen LogP contribution in [-0.4, -0.2) is 32.9 Å². The first kappa shape index (κ1) is 15.3. The molecule has 0 bridgehead atoms. The van der Waals surface area contributed by atoms with Gasteiger partial charge in [0.25, 0.3) is 0 Å². The average Bonchev–Trinajstić information content (AvgIpc) is 2.41. The topological polar surface area (TPSA) is 30.5 Å². The van der Waals surface area contributed by atoms with E-state index < -0.39 is 0 Å². The predicted octanol–water partition coefficient (Wildman–Crippen LogP) is 3.09. The number of benzene rings is 1. The van der Waals surface area contributed by atoms with Crippen molar-refractivity contribution in [1.29, 1.82) is 0 Å². The number of aryl methyl sites for hydroxylation is 1. The summed E-state index contributed by atoms with van der Waals surface area (Å²) in [6, 6.07) is 6.81. The lowest BCUT2D eigenvalue weighted by molar-refractivity contribution is -0.0830. The van der Waals surface area contributed by atoms with Crippen molar-refractivity contribution < 1.29 is 9.47 Å². The normalized spacial score (nSPS) is 18.4. The quantitative estimate of drug-likeness (QED) is 0.831. The van der Waals surface area contributed by atoms with Gasteiger partial charge in [0.2, 0.25) is 0 Å². The SMILES string of the molecule is CNC(Cc1cc(C)ccc1OC)CC1(OC)CCC1. The molecule has 112 valence electrons. The van der Waals surface area contributed by atoms with E-state index in [1.165, 1.54) is 30.4 Å². The van der Waals surface area contributed by atoms with Crippen molar-refractivity contribution in [3.8, 4) is 5.75 Å². The Morgan fingerprint density at radius 3 is 2.55 bits per heavy atom. The number of nitrogens with one attached hydrogen (secondary N) is 1. The van der Waals surface area contributed by atoms with Crippen molar-refractivity contribution in [2.45, 2.75) is 50.7 Å². The Morgan fingerprint density at radius 2 is 2.05 bits per heavy atom. The molecule has 20 heavy (non-hydrogen) atoms. The summed E-state index contributed by atoms with van der Waals surface area (Å²) in [6.45, 7) is 2.12. The van der Waals surface area contributed by atoms with E-state index in [0.29, 0.717) is 6.04 Å². The molecule has 1 unspecified atom stereocenters. The first-order valence-electron chi connectivity index (χ1n) is 7.48.